The number of aromatic nitrogens is 1. The van der Waals surface area contributed by atoms with E-state index in [2.05, 4.69) is 58.4 Å². The monoisotopic (exact) mass is 440 g/mol. The molecule has 0 bridgehead atoms. The summed E-state index contributed by atoms with van der Waals surface area (Å²) < 4.78 is 0. The number of guanidine groups is 1. The van der Waals surface area contributed by atoms with Crippen molar-refractivity contribution in [3.8, 4) is 0 Å². The first-order valence-electron chi connectivity index (χ1n) is 8.70. The highest BCUT2D eigenvalue weighted by atomic mass is 127. The molecule has 1 aliphatic rings. The van der Waals surface area contributed by atoms with Gasteiger partial charge in [0, 0.05) is 43.8 Å². The van der Waals surface area contributed by atoms with E-state index >= 15 is 0 Å². The summed E-state index contributed by atoms with van der Waals surface area (Å²) in [6, 6.07) is 6.43. The van der Waals surface area contributed by atoms with Gasteiger partial charge < -0.3 is 15.2 Å². The molecular formula is C19H29IN4. The minimum absolute atomic E-state index is 0. The molecular weight excluding hydrogens is 411 g/mol. The zero-order chi connectivity index (χ0) is 16.2. The van der Waals surface area contributed by atoms with Crippen LogP contribution in [-0.2, 0) is 6.42 Å². The summed E-state index contributed by atoms with van der Waals surface area (Å²) in [5.41, 5.74) is 3.95. The lowest BCUT2D eigenvalue weighted by Gasteiger charge is -2.32. The number of aromatic amines is 1. The zero-order valence-electron chi connectivity index (χ0n) is 14.9. The zero-order valence-corrected chi connectivity index (χ0v) is 17.3. The third kappa shape index (κ3) is 4.23. The molecule has 132 valence electrons. The maximum Gasteiger partial charge on any atom is 0.193 e. The van der Waals surface area contributed by atoms with Crippen LogP contribution in [0.3, 0.4) is 0 Å². The third-order valence-electron chi connectivity index (χ3n) is 4.97. The van der Waals surface area contributed by atoms with E-state index in [4.69, 9.17) is 0 Å². The van der Waals surface area contributed by atoms with E-state index in [1.165, 1.54) is 34.9 Å². The highest BCUT2D eigenvalue weighted by Crippen LogP contribution is 2.22. The van der Waals surface area contributed by atoms with Gasteiger partial charge in [0.05, 0.1) is 0 Å². The highest BCUT2D eigenvalue weighted by molar-refractivity contribution is 14.0. The van der Waals surface area contributed by atoms with Crippen molar-refractivity contribution in [3.05, 3.63) is 35.5 Å². The van der Waals surface area contributed by atoms with Crippen LogP contribution in [0.4, 0.5) is 0 Å². The number of aliphatic imine (C=N–C) groups is 1. The predicted octanol–water partition coefficient (Wildman–Crippen LogP) is 3.94. The summed E-state index contributed by atoms with van der Waals surface area (Å²) in [6.45, 7) is 7.67. The maximum absolute atomic E-state index is 4.46. The molecule has 2 N–H and O–H groups in total. The number of benzene rings is 1. The minimum atomic E-state index is 0. The normalized spacial score (nSPS) is 16.3. The van der Waals surface area contributed by atoms with Crippen molar-refractivity contribution in [2.45, 2.75) is 33.1 Å². The number of likely N-dealkylation sites (tertiary alicyclic amines) is 1. The van der Waals surface area contributed by atoms with Gasteiger partial charge in [-0.05, 0) is 49.3 Å². The molecule has 1 aromatic carbocycles. The van der Waals surface area contributed by atoms with Gasteiger partial charge in [0.25, 0.3) is 0 Å². The van der Waals surface area contributed by atoms with Crippen LogP contribution in [0.2, 0.25) is 0 Å². The second kappa shape index (κ2) is 8.74. The number of fused-ring (bicyclic) bond motifs is 1. The van der Waals surface area contributed by atoms with Crippen molar-refractivity contribution >= 4 is 40.8 Å². The molecule has 0 amide bonds. The van der Waals surface area contributed by atoms with Crippen molar-refractivity contribution in [2.24, 2.45) is 10.9 Å². The van der Waals surface area contributed by atoms with Gasteiger partial charge >= 0.3 is 0 Å². The SMILES string of the molecule is CN=C(NCCc1c[nH]c2cccc(C)c12)N1CCC(C)CC1.I. The number of hydrogen-bond acceptors (Lipinski definition) is 1. The fourth-order valence-electron chi connectivity index (χ4n) is 3.51. The summed E-state index contributed by atoms with van der Waals surface area (Å²) in [6.07, 6.45) is 5.68. The largest absolute Gasteiger partial charge is 0.361 e. The molecule has 2 heterocycles. The number of hydrogen-bond donors (Lipinski definition) is 2. The van der Waals surface area contributed by atoms with Gasteiger partial charge in [-0.2, -0.15) is 0 Å². The van der Waals surface area contributed by atoms with Gasteiger partial charge in [-0.3, -0.25) is 4.99 Å². The van der Waals surface area contributed by atoms with E-state index in [1.807, 2.05) is 7.05 Å². The Morgan fingerprint density at radius 2 is 2.08 bits per heavy atom. The van der Waals surface area contributed by atoms with E-state index in [1.54, 1.807) is 0 Å². The molecule has 0 radical (unpaired) electrons. The van der Waals surface area contributed by atoms with Gasteiger partial charge in [0.1, 0.15) is 0 Å². The van der Waals surface area contributed by atoms with Gasteiger partial charge in [-0.25, -0.2) is 0 Å². The molecule has 1 saturated heterocycles. The number of nitrogens with zero attached hydrogens (tertiary/aromatic N) is 2. The molecule has 1 fully saturated rings. The average Bonchev–Trinajstić information content (AvgIpc) is 2.97. The van der Waals surface area contributed by atoms with Crippen LogP contribution in [0.15, 0.2) is 29.4 Å². The Bertz CT molecular complexity index is 684. The summed E-state index contributed by atoms with van der Waals surface area (Å²) >= 11 is 0. The fourth-order valence-corrected chi connectivity index (χ4v) is 3.51. The second-order valence-electron chi connectivity index (χ2n) is 6.70. The lowest BCUT2D eigenvalue weighted by atomic mass is 9.99. The lowest BCUT2D eigenvalue weighted by molar-refractivity contribution is 0.273. The Morgan fingerprint density at radius 3 is 2.79 bits per heavy atom. The average molecular weight is 440 g/mol. The first-order valence-corrected chi connectivity index (χ1v) is 8.70. The maximum atomic E-state index is 4.46. The van der Waals surface area contributed by atoms with Crippen molar-refractivity contribution in [3.63, 3.8) is 0 Å². The predicted molar refractivity (Wildman–Crippen MR) is 113 cm³/mol. The number of aryl methyl sites for hydroxylation is 1. The number of nitrogens with one attached hydrogen (secondary N) is 2. The molecule has 4 nitrogen and oxygen atoms in total. The number of H-pyrrole nitrogens is 1. The van der Waals surface area contributed by atoms with Crippen molar-refractivity contribution in [1.29, 1.82) is 0 Å². The Hall–Kier alpha value is -1.24. The van der Waals surface area contributed by atoms with E-state index in [0.717, 1.165) is 37.9 Å². The topological polar surface area (TPSA) is 43.4 Å². The van der Waals surface area contributed by atoms with Crippen LogP contribution in [0.1, 0.15) is 30.9 Å². The van der Waals surface area contributed by atoms with Gasteiger partial charge in [0.15, 0.2) is 5.96 Å². The van der Waals surface area contributed by atoms with Gasteiger partial charge in [-0.15, -0.1) is 24.0 Å². The lowest BCUT2D eigenvalue weighted by Crippen LogP contribution is -2.45. The van der Waals surface area contributed by atoms with Crippen LogP contribution in [0.25, 0.3) is 10.9 Å². The molecule has 1 aliphatic heterocycles. The van der Waals surface area contributed by atoms with Crippen molar-refractivity contribution in [1.82, 2.24) is 15.2 Å². The van der Waals surface area contributed by atoms with E-state index in [0.29, 0.717) is 0 Å². The standard InChI is InChI=1S/C19H28N4.HI/c1-14-8-11-23(12-9-14)19(20-3)21-10-7-16-13-22-17-6-4-5-15(2)18(16)17;/h4-6,13-14,22H,7-12H2,1-3H3,(H,20,21);1H. The van der Waals surface area contributed by atoms with Crippen molar-refractivity contribution < 1.29 is 0 Å². The second-order valence-corrected chi connectivity index (χ2v) is 6.70. The Morgan fingerprint density at radius 1 is 1.33 bits per heavy atom. The fraction of sp³-hybridized carbons (Fsp3) is 0.526. The molecule has 0 saturated carbocycles. The third-order valence-corrected chi connectivity index (χ3v) is 4.97. The minimum Gasteiger partial charge on any atom is -0.361 e. The van der Waals surface area contributed by atoms with Crippen LogP contribution >= 0.6 is 24.0 Å². The Balaban J connectivity index is 0.00000208. The molecule has 5 heteroatoms. The summed E-state index contributed by atoms with van der Waals surface area (Å²) in [4.78, 5) is 10.2. The first kappa shape index (κ1) is 19.1. The molecule has 2 aromatic rings. The molecule has 24 heavy (non-hydrogen) atoms. The van der Waals surface area contributed by atoms with E-state index in [-0.39, 0.29) is 24.0 Å². The van der Waals surface area contributed by atoms with Crippen LogP contribution < -0.4 is 5.32 Å². The molecule has 0 aliphatic carbocycles. The number of halogens is 1. The van der Waals surface area contributed by atoms with Crippen molar-refractivity contribution in [2.75, 3.05) is 26.7 Å². The molecule has 3 rings (SSSR count). The summed E-state index contributed by atoms with van der Waals surface area (Å²) in [5.74, 6) is 1.90. The Labute approximate surface area is 162 Å². The van der Waals surface area contributed by atoms with E-state index < -0.39 is 0 Å². The highest BCUT2D eigenvalue weighted by Gasteiger charge is 2.18. The van der Waals surface area contributed by atoms with Crippen LogP contribution in [0.5, 0.6) is 0 Å². The van der Waals surface area contributed by atoms with Gasteiger partial charge in [-0.1, -0.05) is 19.1 Å². The molecule has 0 unspecified atom stereocenters. The van der Waals surface area contributed by atoms with E-state index in [9.17, 15) is 0 Å². The number of rotatable bonds is 3. The molecule has 0 spiro atoms. The summed E-state index contributed by atoms with van der Waals surface area (Å²) in [5, 5.41) is 4.91. The smallest absolute Gasteiger partial charge is 0.193 e. The van der Waals surface area contributed by atoms with Gasteiger partial charge in [0.2, 0.25) is 0 Å². The molecule has 1 aromatic heterocycles. The summed E-state index contributed by atoms with van der Waals surface area (Å²) in [7, 11) is 1.89. The quantitative estimate of drug-likeness (QED) is 0.432. The first-order chi connectivity index (χ1) is 11.2. The molecule has 0 atom stereocenters. The van der Waals surface area contributed by atoms with Crippen LogP contribution in [0, 0.1) is 12.8 Å². The Kier molecular flexibility index (Phi) is 6.95. The number of piperidine rings is 1. The van der Waals surface area contributed by atoms with Crippen LogP contribution in [-0.4, -0.2) is 42.5 Å².